The van der Waals surface area contributed by atoms with Crippen LogP contribution >= 0.6 is 0 Å². The van der Waals surface area contributed by atoms with Crippen LogP contribution in [0.15, 0.2) is 218 Å². The molecule has 9 aromatic rings. The van der Waals surface area contributed by atoms with Gasteiger partial charge in [-0.15, -0.1) is 0 Å². The van der Waals surface area contributed by atoms with Gasteiger partial charge in [-0.3, -0.25) is 0 Å². The van der Waals surface area contributed by atoms with E-state index in [9.17, 15) is 0 Å². The van der Waals surface area contributed by atoms with Crippen LogP contribution in [0.3, 0.4) is 0 Å². The molecule has 1 aromatic heterocycles. The van der Waals surface area contributed by atoms with Crippen molar-refractivity contribution in [1.82, 2.24) is 9.97 Å². The highest BCUT2D eigenvalue weighted by atomic mass is 16.5. The molecule has 0 saturated carbocycles. The van der Waals surface area contributed by atoms with Gasteiger partial charge in [-0.2, -0.15) is 0 Å². The molecule has 0 aliphatic carbocycles. The van der Waals surface area contributed by atoms with Crippen LogP contribution < -0.4 is 4.74 Å². The minimum atomic E-state index is -0.561. The Balaban J connectivity index is 1.09. The zero-order valence-corrected chi connectivity index (χ0v) is 30.6. The quantitative estimate of drug-likeness (QED) is 0.165. The lowest BCUT2D eigenvalue weighted by molar-refractivity contribution is 0.434. The molecule has 2 heterocycles. The molecule has 10 rings (SSSR count). The molecule has 0 saturated heterocycles. The molecule has 0 N–H and O–H groups in total. The van der Waals surface area contributed by atoms with Crippen LogP contribution in [0.1, 0.15) is 22.3 Å². The summed E-state index contributed by atoms with van der Waals surface area (Å²) in [6.45, 7) is 0. The van der Waals surface area contributed by atoms with Crippen molar-refractivity contribution in [3.63, 3.8) is 0 Å². The number of fused-ring (bicyclic) bond motifs is 2. The number of para-hydroxylation sites is 2. The molecule has 1 aliphatic rings. The monoisotopic (exact) mass is 716 g/mol. The molecule has 0 fully saturated rings. The number of ether oxygens (including phenoxy) is 1. The number of hydrogen-bond donors (Lipinski definition) is 0. The third-order valence-corrected chi connectivity index (χ3v) is 10.9. The van der Waals surface area contributed by atoms with Gasteiger partial charge in [-0.25, -0.2) is 9.97 Å². The average Bonchev–Trinajstić information content (AvgIpc) is 3.29. The van der Waals surface area contributed by atoms with E-state index in [1.165, 1.54) is 11.1 Å². The summed E-state index contributed by atoms with van der Waals surface area (Å²) in [5.74, 6) is 2.44. The lowest BCUT2D eigenvalue weighted by atomic mass is 9.63. The fraction of sp³-hybridized carbons (Fsp3) is 0.0189. The van der Waals surface area contributed by atoms with Crippen LogP contribution in [-0.4, -0.2) is 9.97 Å². The van der Waals surface area contributed by atoms with Gasteiger partial charge in [0.05, 0.1) is 16.8 Å². The van der Waals surface area contributed by atoms with Gasteiger partial charge >= 0.3 is 0 Å². The van der Waals surface area contributed by atoms with E-state index in [0.29, 0.717) is 5.82 Å². The third kappa shape index (κ3) is 5.78. The van der Waals surface area contributed by atoms with Gasteiger partial charge < -0.3 is 4.74 Å². The van der Waals surface area contributed by atoms with Gasteiger partial charge in [-0.05, 0) is 57.6 Å². The second-order valence-electron chi connectivity index (χ2n) is 14.1. The largest absolute Gasteiger partial charge is 0.457 e. The van der Waals surface area contributed by atoms with Crippen molar-refractivity contribution >= 4 is 0 Å². The average molecular weight is 717 g/mol. The molecular formula is C53H36N2O. The molecular weight excluding hydrogens is 681 g/mol. The Bertz CT molecular complexity index is 2770. The van der Waals surface area contributed by atoms with Crippen LogP contribution in [0.2, 0.25) is 0 Å². The van der Waals surface area contributed by atoms with Gasteiger partial charge in [0.2, 0.25) is 0 Å². The predicted octanol–water partition coefficient (Wildman–Crippen LogP) is 13.3. The number of rotatable bonds is 7. The fourth-order valence-electron chi connectivity index (χ4n) is 8.27. The van der Waals surface area contributed by atoms with E-state index in [-0.39, 0.29) is 0 Å². The van der Waals surface area contributed by atoms with Crippen LogP contribution in [-0.2, 0) is 5.41 Å². The fourth-order valence-corrected chi connectivity index (χ4v) is 8.27. The first-order chi connectivity index (χ1) is 27.8. The van der Waals surface area contributed by atoms with Crippen molar-refractivity contribution in [3.8, 4) is 67.7 Å². The molecule has 0 radical (unpaired) electrons. The number of benzene rings is 8. The maximum atomic E-state index is 6.52. The molecule has 0 unspecified atom stereocenters. The number of hydrogen-bond acceptors (Lipinski definition) is 3. The maximum absolute atomic E-state index is 6.52. The first-order valence-corrected chi connectivity index (χ1v) is 19.0. The highest BCUT2D eigenvalue weighted by Crippen LogP contribution is 2.55. The summed E-state index contributed by atoms with van der Waals surface area (Å²) in [5, 5.41) is 0. The first-order valence-electron chi connectivity index (χ1n) is 19.0. The Morgan fingerprint density at radius 3 is 1.50 bits per heavy atom. The van der Waals surface area contributed by atoms with E-state index in [4.69, 9.17) is 14.7 Å². The number of aromatic nitrogens is 2. The molecule has 0 spiro atoms. The highest BCUT2D eigenvalue weighted by Gasteiger charge is 2.45. The van der Waals surface area contributed by atoms with E-state index in [1.807, 2.05) is 36.4 Å². The zero-order valence-electron chi connectivity index (χ0n) is 30.6. The molecule has 56 heavy (non-hydrogen) atoms. The van der Waals surface area contributed by atoms with Gasteiger partial charge in [0.25, 0.3) is 0 Å². The van der Waals surface area contributed by atoms with E-state index in [0.717, 1.165) is 73.0 Å². The first kappa shape index (κ1) is 33.2. The summed E-state index contributed by atoms with van der Waals surface area (Å²) in [6.07, 6.45) is 0. The maximum Gasteiger partial charge on any atom is 0.160 e. The summed E-state index contributed by atoms with van der Waals surface area (Å²) in [7, 11) is 0. The van der Waals surface area contributed by atoms with Crippen molar-refractivity contribution in [2.45, 2.75) is 5.41 Å². The minimum Gasteiger partial charge on any atom is -0.457 e. The Morgan fingerprint density at radius 1 is 0.321 bits per heavy atom. The Morgan fingerprint density at radius 2 is 0.821 bits per heavy atom. The Labute approximate surface area is 327 Å². The summed E-state index contributed by atoms with van der Waals surface area (Å²) >= 11 is 0. The predicted molar refractivity (Wildman–Crippen MR) is 228 cm³/mol. The molecule has 1 aliphatic heterocycles. The van der Waals surface area contributed by atoms with E-state index in [2.05, 4.69) is 182 Å². The molecule has 264 valence electrons. The molecule has 3 nitrogen and oxygen atoms in total. The van der Waals surface area contributed by atoms with E-state index in [1.54, 1.807) is 0 Å². The van der Waals surface area contributed by atoms with Crippen molar-refractivity contribution in [2.24, 2.45) is 0 Å². The van der Waals surface area contributed by atoms with E-state index >= 15 is 0 Å². The summed E-state index contributed by atoms with van der Waals surface area (Å²) in [4.78, 5) is 10.3. The SMILES string of the molecule is c1ccc(-c2nc(-c3cccc(-c4ccc(C5(c6ccccc6)c6ccccc6Oc6ccccc65)cc4)c3)cc(-c3ccccc3-c3ccccc3)n2)cc1. The Hall–Kier alpha value is -7.36. The summed E-state index contributed by atoms with van der Waals surface area (Å²) < 4.78 is 6.52. The van der Waals surface area contributed by atoms with Gasteiger partial charge in [-0.1, -0.05) is 194 Å². The zero-order chi connectivity index (χ0) is 37.3. The van der Waals surface area contributed by atoms with Crippen LogP contribution in [0.5, 0.6) is 11.5 Å². The summed E-state index contributed by atoms with van der Waals surface area (Å²) in [6, 6.07) is 76.7. The van der Waals surface area contributed by atoms with E-state index < -0.39 is 5.41 Å². The van der Waals surface area contributed by atoms with Crippen molar-refractivity contribution in [1.29, 1.82) is 0 Å². The van der Waals surface area contributed by atoms with Crippen LogP contribution in [0.4, 0.5) is 0 Å². The number of nitrogens with zero attached hydrogens (tertiary/aromatic N) is 2. The second-order valence-corrected chi connectivity index (χ2v) is 14.1. The van der Waals surface area contributed by atoms with Crippen molar-refractivity contribution in [3.05, 3.63) is 241 Å². The Kier molecular flexibility index (Phi) is 8.38. The minimum absolute atomic E-state index is 0.561. The third-order valence-electron chi connectivity index (χ3n) is 10.9. The molecule has 0 atom stereocenters. The van der Waals surface area contributed by atoms with Crippen LogP contribution in [0, 0.1) is 0 Å². The molecule has 0 bridgehead atoms. The lowest BCUT2D eigenvalue weighted by Crippen LogP contribution is -2.34. The second kappa shape index (κ2) is 14.1. The molecule has 8 aromatic carbocycles. The standard InChI is InChI=1S/C53H36N2O/c1-4-17-38(18-5-1)44-25-10-11-26-45(44)49-36-48(54-52(55-49)39-19-6-2-7-20-39)41-22-16-21-40(35-41)37-31-33-43(34-32-37)53(42-23-8-3-9-24-42)46-27-12-14-29-50(46)56-51-30-15-13-28-47(51)53/h1-36H. The highest BCUT2D eigenvalue weighted by molar-refractivity contribution is 5.84. The lowest BCUT2D eigenvalue weighted by Gasteiger charge is -2.41. The smallest absolute Gasteiger partial charge is 0.160 e. The molecule has 0 amide bonds. The van der Waals surface area contributed by atoms with Crippen molar-refractivity contribution < 1.29 is 4.74 Å². The molecule has 3 heteroatoms. The van der Waals surface area contributed by atoms with Crippen LogP contribution in [0.25, 0.3) is 56.2 Å². The topological polar surface area (TPSA) is 35.0 Å². The summed E-state index contributed by atoms with van der Waals surface area (Å²) in [5.41, 5.74) is 13.4. The van der Waals surface area contributed by atoms with Gasteiger partial charge in [0, 0.05) is 27.8 Å². The van der Waals surface area contributed by atoms with Gasteiger partial charge in [0.1, 0.15) is 11.5 Å². The normalized spacial score (nSPS) is 12.6. The van der Waals surface area contributed by atoms with Crippen molar-refractivity contribution in [2.75, 3.05) is 0 Å². The van der Waals surface area contributed by atoms with Gasteiger partial charge in [0.15, 0.2) is 5.82 Å².